The van der Waals surface area contributed by atoms with Crippen molar-refractivity contribution in [2.75, 3.05) is 12.3 Å². The van der Waals surface area contributed by atoms with Crippen LogP contribution in [0.2, 0.25) is 0 Å². The molecule has 1 aromatic carbocycles. The van der Waals surface area contributed by atoms with E-state index in [1.807, 2.05) is 0 Å². The zero-order valence-corrected chi connectivity index (χ0v) is 12.8. The normalized spacial score (nSPS) is 23.3. The SMILES string of the molecule is CCCCCS(=O)C1Cc2ccccc2C1NCC. The molecule has 0 amide bonds. The Morgan fingerprint density at radius 1 is 1.26 bits per heavy atom. The van der Waals surface area contributed by atoms with Gasteiger partial charge in [0.25, 0.3) is 0 Å². The van der Waals surface area contributed by atoms with Crippen molar-refractivity contribution < 1.29 is 4.21 Å². The van der Waals surface area contributed by atoms with Gasteiger partial charge in [-0.3, -0.25) is 4.21 Å². The Balaban J connectivity index is 2.07. The van der Waals surface area contributed by atoms with Gasteiger partial charge in [0, 0.05) is 22.6 Å². The second-order valence-corrected chi connectivity index (χ2v) is 7.04. The predicted octanol–water partition coefficient (Wildman–Crippen LogP) is 3.20. The topological polar surface area (TPSA) is 29.1 Å². The Morgan fingerprint density at radius 3 is 2.79 bits per heavy atom. The van der Waals surface area contributed by atoms with E-state index in [1.54, 1.807) is 0 Å². The third-order valence-corrected chi connectivity index (χ3v) is 5.70. The van der Waals surface area contributed by atoms with Crippen molar-refractivity contribution in [3.63, 3.8) is 0 Å². The average Bonchev–Trinajstić information content (AvgIpc) is 2.79. The standard InChI is InChI=1S/C16H25NOS/c1-3-5-8-11-19(18)15-12-13-9-6-7-10-14(13)16(15)17-4-2/h6-7,9-10,15-17H,3-5,8,11-12H2,1-2H3. The van der Waals surface area contributed by atoms with Crippen LogP contribution < -0.4 is 5.32 Å². The Hall–Kier alpha value is -0.670. The molecule has 1 aromatic rings. The summed E-state index contributed by atoms with van der Waals surface area (Å²) in [5, 5.41) is 3.79. The molecule has 1 N–H and O–H groups in total. The van der Waals surface area contributed by atoms with Crippen LogP contribution in [-0.2, 0) is 17.2 Å². The number of nitrogens with one attached hydrogen (secondary N) is 1. The molecular formula is C16H25NOS. The van der Waals surface area contributed by atoms with Crippen molar-refractivity contribution >= 4 is 10.8 Å². The summed E-state index contributed by atoms with van der Waals surface area (Å²) in [6.45, 7) is 5.25. The van der Waals surface area contributed by atoms with Gasteiger partial charge in [0.1, 0.15) is 0 Å². The molecule has 0 saturated heterocycles. The molecule has 0 fully saturated rings. The Morgan fingerprint density at radius 2 is 2.05 bits per heavy atom. The van der Waals surface area contributed by atoms with Crippen molar-refractivity contribution in [1.82, 2.24) is 5.32 Å². The highest BCUT2D eigenvalue weighted by molar-refractivity contribution is 7.85. The van der Waals surface area contributed by atoms with Gasteiger partial charge in [0.2, 0.25) is 0 Å². The molecule has 0 bridgehead atoms. The van der Waals surface area contributed by atoms with Crippen molar-refractivity contribution in [1.29, 1.82) is 0 Å². The first-order chi connectivity index (χ1) is 9.27. The fraction of sp³-hybridized carbons (Fsp3) is 0.625. The molecule has 1 aliphatic rings. The van der Waals surface area contributed by atoms with Gasteiger partial charge in [-0.25, -0.2) is 0 Å². The summed E-state index contributed by atoms with van der Waals surface area (Å²) in [6, 6.07) is 8.83. The summed E-state index contributed by atoms with van der Waals surface area (Å²) in [4.78, 5) is 0. The van der Waals surface area contributed by atoms with Crippen LogP contribution in [0.5, 0.6) is 0 Å². The second-order valence-electron chi connectivity index (χ2n) is 5.27. The molecule has 106 valence electrons. The lowest BCUT2D eigenvalue weighted by atomic mass is 10.1. The molecule has 2 rings (SSSR count). The molecule has 3 atom stereocenters. The van der Waals surface area contributed by atoms with E-state index in [0.717, 1.165) is 25.1 Å². The summed E-state index contributed by atoms with van der Waals surface area (Å²) >= 11 is 0. The van der Waals surface area contributed by atoms with Gasteiger partial charge in [-0.2, -0.15) is 0 Å². The molecule has 0 spiro atoms. The zero-order chi connectivity index (χ0) is 13.7. The van der Waals surface area contributed by atoms with Crippen molar-refractivity contribution in [3.05, 3.63) is 35.4 Å². The lowest BCUT2D eigenvalue weighted by Crippen LogP contribution is -2.32. The Labute approximate surface area is 119 Å². The largest absolute Gasteiger partial charge is 0.309 e. The zero-order valence-electron chi connectivity index (χ0n) is 12.0. The van der Waals surface area contributed by atoms with Gasteiger partial charge in [-0.05, 0) is 30.5 Å². The van der Waals surface area contributed by atoms with E-state index in [4.69, 9.17) is 0 Å². The molecule has 3 heteroatoms. The minimum absolute atomic E-state index is 0.259. The van der Waals surface area contributed by atoms with Gasteiger partial charge in [0.15, 0.2) is 0 Å². The van der Waals surface area contributed by atoms with Crippen LogP contribution in [0.3, 0.4) is 0 Å². The molecule has 3 unspecified atom stereocenters. The summed E-state index contributed by atoms with van der Waals surface area (Å²) in [5.74, 6) is 0.856. The van der Waals surface area contributed by atoms with Gasteiger partial charge in [0.05, 0.1) is 5.25 Å². The Bertz CT molecular complexity index is 433. The van der Waals surface area contributed by atoms with E-state index >= 15 is 0 Å². The molecule has 19 heavy (non-hydrogen) atoms. The van der Waals surface area contributed by atoms with Gasteiger partial charge < -0.3 is 5.32 Å². The number of hydrogen-bond acceptors (Lipinski definition) is 2. The van der Waals surface area contributed by atoms with Gasteiger partial charge in [-0.1, -0.05) is 51.0 Å². The molecule has 0 aliphatic heterocycles. The van der Waals surface area contributed by atoms with E-state index in [0.29, 0.717) is 0 Å². The lowest BCUT2D eigenvalue weighted by molar-refractivity contribution is 0.545. The Kier molecular flexibility index (Phi) is 5.59. The lowest BCUT2D eigenvalue weighted by Gasteiger charge is -2.21. The fourth-order valence-electron chi connectivity index (χ4n) is 2.91. The number of fused-ring (bicyclic) bond motifs is 1. The molecule has 0 saturated carbocycles. The maximum atomic E-state index is 12.5. The molecule has 1 aliphatic carbocycles. The minimum Gasteiger partial charge on any atom is -0.309 e. The third kappa shape index (κ3) is 3.46. The van der Waals surface area contributed by atoms with Crippen LogP contribution in [0.4, 0.5) is 0 Å². The number of unbranched alkanes of at least 4 members (excludes halogenated alkanes) is 2. The summed E-state index contributed by atoms with van der Waals surface area (Å²) in [6.07, 6.45) is 4.44. The second kappa shape index (κ2) is 7.20. The number of benzene rings is 1. The van der Waals surface area contributed by atoms with Crippen molar-refractivity contribution in [2.24, 2.45) is 0 Å². The van der Waals surface area contributed by atoms with E-state index in [2.05, 4.69) is 43.4 Å². The smallest absolute Gasteiger partial charge is 0.0583 e. The molecule has 0 heterocycles. The maximum absolute atomic E-state index is 12.5. The first kappa shape index (κ1) is 14.7. The van der Waals surface area contributed by atoms with Gasteiger partial charge >= 0.3 is 0 Å². The first-order valence-electron chi connectivity index (χ1n) is 7.46. The predicted molar refractivity (Wildman–Crippen MR) is 82.9 cm³/mol. The van der Waals surface area contributed by atoms with Crippen LogP contribution >= 0.6 is 0 Å². The summed E-state index contributed by atoms with van der Waals surface area (Å²) in [7, 11) is -0.717. The average molecular weight is 279 g/mol. The molecular weight excluding hydrogens is 254 g/mol. The fourth-order valence-corrected chi connectivity index (χ4v) is 4.61. The van der Waals surface area contributed by atoms with Crippen LogP contribution in [0.1, 0.15) is 50.3 Å². The maximum Gasteiger partial charge on any atom is 0.0583 e. The summed E-state index contributed by atoms with van der Waals surface area (Å²) < 4.78 is 12.5. The van der Waals surface area contributed by atoms with E-state index < -0.39 is 10.8 Å². The quantitative estimate of drug-likeness (QED) is 0.777. The van der Waals surface area contributed by atoms with E-state index in [-0.39, 0.29) is 11.3 Å². The van der Waals surface area contributed by atoms with Crippen LogP contribution in [0.25, 0.3) is 0 Å². The van der Waals surface area contributed by atoms with Crippen molar-refractivity contribution in [2.45, 2.75) is 50.8 Å². The molecule has 0 radical (unpaired) electrons. The van der Waals surface area contributed by atoms with Crippen LogP contribution in [0, 0.1) is 0 Å². The minimum atomic E-state index is -0.717. The van der Waals surface area contributed by atoms with Crippen LogP contribution in [-0.4, -0.2) is 21.8 Å². The third-order valence-electron chi connectivity index (χ3n) is 3.89. The monoisotopic (exact) mass is 279 g/mol. The van der Waals surface area contributed by atoms with Crippen molar-refractivity contribution in [3.8, 4) is 0 Å². The first-order valence-corrected chi connectivity index (χ1v) is 8.84. The highest BCUT2D eigenvalue weighted by Crippen LogP contribution is 2.34. The number of rotatable bonds is 7. The highest BCUT2D eigenvalue weighted by Gasteiger charge is 2.35. The molecule has 0 aromatic heterocycles. The van der Waals surface area contributed by atoms with E-state index in [1.165, 1.54) is 24.0 Å². The highest BCUT2D eigenvalue weighted by atomic mass is 32.2. The number of hydrogen-bond donors (Lipinski definition) is 1. The van der Waals surface area contributed by atoms with E-state index in [9.17, 15) is 4.21 Å². The molecule has 2 nitrogen and oxygen atoms in total. The summed E-state index contributed by atoms with van der Waals surface area (Å²) in [5.41, 5.74) is 2.74. The van der Waals surface area contributed by atoms with Gasteiger partial charge in [-0.15, -0.1) is 0 Å². The van der Waals surface area contributed by atoms with Crippen LogP contribution in [0.15, 0.2) is 24.3 Å².